The molecule has 0 aliphatic heterocycles. The summed E-state index contributed by atoms with van der Waals surface area (Å²) in [6.45, 7) is -0.236. The Labute approximate surface area is 172 Å². The smallest absolute Gasteiger partial charge is 0.312 e. The van der Waals surface area contributed by atoms with E-state index in [1.807, 2.05) is 0 Å². The molecule has 0 spiro atoms. The molecular formula is C19H19Cl2N3O4. The molecule has 0 radical (unpaired) electrons. The van der Waals surface area contributed by atoms with Crippen molar-refractivity contribution in [3.63, 3.8) is 0 Å². The molecule has 2 aromatic carbocycles. The van der Waals surface area contributed by atoms with Crippen LogP contribution in [0.15, 0.2) is 48.5 Å². The molecule has 2 rings (SSSR count). The molecule has 0 saturated carbocycles. The summed E-state index contributed by atoms with van der Waals surface area (Å²) >= 11 is 11.9. The number of nitrogens with one attached hydrogen (secondary N) is 2. The number of nitrogens with two attached hydrogens (primary N) is 1. The van der Waals surface area contributed by atoms with Gasteiger partial charge in [0.25, 0.3) is 5.91 Å². The fourth-order valence-corrected chi connectivity index (χ4v) is 2.71. The molecule has 28 heavy (non-hydrogen) atoms. The fraction of sp³-hybridized carbons (Fsp3) is 0.211. The number of benzene rings is 2. The third-order valence-corrected chi connectivity index (χ3v) is 4.38. The van der Waals surface area contributed by atoms with Crippen molar-refractivity contribution < 1.29 is 19.1 Å². The van der Waals surface area contributed by atoms with Crippen molar-refractivity contribution in [1.29, 1.82) is 0 Å². The topological polar surface area (TPSA) is 111 Å². The Balaban J connectivity index is 1.84. The SMILES string of the molecule is NC(=O)NC(CC(=O)OCC(=O)NCc1ccccc1Cl)c1ccc(Cl)cc1. The highest BCUT2D eigenvalue weighted by molar-refractivity contribution is 6.31. The number of hydrogen-bond donors (Lipinski definition) is 3. The van der Waals surface area contributed by atoms with Gasteiger partial charge in [0.1, 0.15) is 0 Å². The molecule has 4 N–H and O–H groups in total. The van der Waals surface area contributed by atoms with Gasteiger partial charge in [-0.1, -0.05) is 53.5 Å². The predicted molar refractivity (Wildman–Crippen MR) is 106 cm³/mol. The number of hydrogen-bond acceptors (Lipinski definition) is 4. The van der Waals surface area contributed by atoms with E-state index in [0.29, 0.717) is 15.6 Å². The molecule has 2 aromatic rings. The summed E-state index contributed by atoms with van der Waals surface area (Å²) in [6.07, 6.45) is -0.192. The number of primary amides is 1. The molecule has 1 unspecified atom stereocenters. The number of carbonyl (C=O) groups excluding carboxylic acids is 3. The third-order valence-electron chi connectivity index (χ3n) is 3.76. The monoisotopic (exact) mass is 423 g/mol. The Morgan fingerprint density at radius 1 is 1.04 bits per heavy atom. The maximum Gasteiger partial charge on any atom is 0.312 e. The van der Waals surface area contributed by atoms with Crippen molar-refractivity contribution in [3.8, 4) is 0 Å². The summed E-state index contributed by atoms with van der Waals surface area (Å²) in [4.78, 5) is 35.1. The summed E-state index contributed by atoms with van der Waals surface area (Å²) in [5.74, 6) is -1.14. The largest absolute Gasteiger partial charge is 0.456 e. The van der Waals surface area contributed by atoms with Crippen LogP contribution < -0.4 is 16.4 Å². The predicted octanol–water partition coefficient (Wildman–Crippen LogP) is 2.95. The number of halogens is 2. The minimum absolute atomic E-state index is 0.192. The maximum absolute atomic E-state index is 12.1. The van der Waals surface area contributed by atoms with Gasteiger partial charge in [-0.15, -0.1) is 0 Å². The third kappa shape index (κ3) is 7.09. The van der Waals surface area contributed by atoms with Crippen LogP contribution in [0.1, 0.15) is 23.6 Å². The van der Waals surface area contributed by atoms with Crippen LogP contribution in [-0.2, 0) is 20.9 Å². The zero-order chi connectivity index (χ0) is 20.5. The van der Waals surface area contributed by atoms with Gasteiger partial charge in [0.05, 0.1) is 12.5 Å². The van der Waals surface area contributed by atoms with Crippen LogP contribution >= 0.6 is 23.2 Å². The second-order valence-corrected chi connectivity index (χ2v) is 6.69. The molecule has 0 aromatic heterocycles. The van der Waals surface area contributed by atoms with Crippen LogP contribution in [0.2, 0.25) is 10.0 Å². The molecule has 9 heteroatoms. The highest BCUT2D eigenvalue weighted by atomic mass is 35.5. The van der Waals surface area contributed by atoms with Gasteiger partial charge in [-0.05, 0) is 29.3 Å². The Bertz CT molecular complexity index is 843. The van der Waals surface area contributed by atoms with Crippen molar-refractivity contribution in [3.05, 3.63) is 69.7 Å². The van der Waals surface area contributed by atoms with Crippen molar-refractivity contribution in [2.75, 3.05) is 6.61 Å². The average molecular weight is 424 g/mol. The van der Waals surface area contributed by atoms with E-state index >= 15 is 0 Å². The molecule has 0 saturated heterocycles. The van der Waals surface area contributed by atoms with Gasteiger partial charge in [0.15, 0.2) is 6.61 Å². The van der Waals surface area contributed by atoms with Crippen LogP contribution in [0.5, 0.6) is 0 Å². The average Bonchev–Trinajstić information content (AvgIpc) is 2.65. The lowest BCUT2D eigenvalue weighted by atomic mass is 10.0. The van der Waals surface area contributed by atoms with Gasteiger partial charge in [-0.25, -0.2) is 4.79 Å². The number of urea groups is 1. The summed E-state index contributed by atoms with van der Waals surface area (Å²) in [5.41, 5.74) is 6.54. The Morgan fingerprint density at radius 3 is 2.36 bits per heavy atom. The van der Waals surface area contributed by atoms with Crippen molar-refractivity contribution >= 4 is 41.1 Å². The van der Waals surface area contributed by atoms with Crippen molar-refractivity contribution in [1.82, 2.24) is 10.6 Å². The number of amides is 3. The minimum Gasteiger partial charge on any atom is -0.456 e. The highest BCUT2D eigenvalue weighted by Crippen LogP contribution is 2.20. The molecular weight excluding hydrogens is 405 g/mol. The molecule has 7 nitrogen and oxygen atoms in total. The normalized spacial score (nSPS) is 11.4. The Kier molecular flexibility index (Phi) is 8.10. The number of ether oxygens (including phenoxy) is 1. The number of carbonyl (C=O) groups is 3. The summed E-state index contributed by atoms with van der Waals surface area (Å²) in [5, 5.41) is 6.12. The molecule has 0 aliphatic rings. The molecule has 0 heterocycles. The fourth-order valence-electron chi connectivity index (χ4n) is 2.38. The lowest BCUT2D eigenvalue weighted by Crippen LogP contribution is -2.35. The molecule has 1 atom stereocenters. The van der Waals surface area contributed by atoms with Gasteiger partial charge < -0.3 is 21.1 Å². The van der Waals surface area contributed by atoms with Crippen LogP contribution in [0.4, 0.5) is 4.79 Å². The standard InChI is InChI=1S/C19H19Cl2N3O4/c20-14-7-5-12(6-8-14)16(24-19(22)27)9-18(26)28-11-17(25)23-10-13-3-1-2-4-15(13)21/h1-8,16H,9-11H2,(H,23,25)(H3,22,24,27). The molecule has 0 aliphatic carbocycles. The van der Waals surface area contributed by atoms with Gasteiger partial charge in [0, 0.05) is 16.6 Å². The van der Waals surface area contributed by atoms with E-state index in [1.165, 1.54) is 0 Å². The van der Waals surface area contributed by atoms with E-state index in [9.17, 15) is 14.4 Å². The van der Waals surface area contributed by atoms with Crippen molar-refractivity contribution in [2.45, 2.75) is 19.0 Å². The molecule has 148 valence electrons. The Hall–Kier alpha value is -2.77. The summed E-state index contributed by atoms with van der Waals surface area (Å²) in [7, 11) is 0. The van der Waals surface area contributed by atoms with E-state index < -0.39 is 30.6 Å². The van der Waals surface area contributed by atoms with E-state index in [2.05, 4.69) is 10.6 Å². The minimum atomic E-state index is -0.787. The van der Waals surface area contributed by atoms with Gasteiger partial charge in [-0.3, -0.25) is 9.59 Å². The second kappa shape index (κ2) is 10.5. The first-order valence-corrected chi connectivity index (χ1v) is 9.08. The zero-order valence-corrected chi connectivity index (χ0v) is 16.3. The summed E-state index contributed by atoms with van der Waals surface area (Å²) in [6, 6.07) is 12.2. The zero-order valence-electron chi connectivity index (χ0n) is 14.8. The van der Waals surface area contributed by atoms with E-state index in [-0.39, 0.29) is 13.0 Å². The van der Waals surface area contributed by atoms with Gasteiger partial charge in [0.2, 0.25) is 0 Å². The maximum atomic E-state index is 12.1. The molecule has 0 fully saturated rings. The first-order valence-electron chi connectivity index (χ1n) is 8.32. The highest BCUT2D eigenvalue weighted by Gasteiger charge is 2.19. The van der Waals surface area contributed by atoms with Gasteiger partial charge in [-0.2, -0.15) is 0 Å². The molecule has 0 bridgehead atoms. The lowest BCUT2D eigenvalue weighted by molar-refractivity contribution is -0.149. The first kappa shape index (κ1) is 21.5. The van der Waals surface area contributed by atoms with E-state index in [0.717, 1.165) is 5.56 Å². The van der Waals surface area contributed by atoms with E-state index in [4.69, 9.17) is 33.7 Å². The number of esters is 1. The quantitative estimate of drug-likeness (QED) is 0.566. The molecule has 3 amide bonds. The Morgan fingerprint density at radius 2 is 1.71 bits per heavy atom. The van der Waals surface area contributed by atoms with E-state index in [1.54, 1.807) is 48.5 Å². The van der Waals surface area contributed by atoms with Crippen LogP contribution in [-0.4, -0.2) is 24.5 Å². The van der Waals surface area contributed by atoms with Gasteiger partial charge >= 0.3 is 12.0 Å². The van der Waals surface area contributed by atoms with Crippen LogP contribution in [0.3, 0.4) is 0 Å². The van der Waals surface area contributed by atoms with Crippen LogP contribution in [0.25, 0.3) is 0 Å². The number of rotatable bonds is 8. The summed E-state index contributed by atoms with van der Waals surface area (Å²) < 4.78 is 4.98. The second-order valence-electron chi connectivity index (χ2n) is 5.85. The van der Waals surface area contributed by atoms with Crippen LogP contribution in [0, 0.1) is 0 Å². The van der Waals surface area contributed by atoms with Crippen molar-refractivity contribution in [2.24, 2.45) is 5.73 Å². The lowest BCUT2D eigenvalue weighted by Gasteiger charge is -2.17. The first-order chi connectivity index (χ1) is 13.3.